The molecule has 1 aromatic carbocycles. The van der Waals surface area contributed by atoms with Gasteiger partial charge in [0.2, 0.25) is 10.0 Å². The summed E-state index contributed by atoms with van der Waals surface area (Å²) in [4.78, 5) is 0.0734. The van der Waals surface area contributed by atoms with E-state index in [1.54, 1.807) is 12.1 Å². The smallest absolute Gasteiger partial charge is 0.207 e. The number of benzene rings is 1. The lowest BCUT2D eigenvalue weighted by atomic mass is 9.84. The molecule has 1 saturated carbocycles. The minimum atomic E-state index is -3.63. The third kappa shape index (κ3) is 3.14. The van der Waals surface area contributed by atoms with Crippen LogP contribution in [-0.2, 0) is 10.0 Å². The Morgan fingerprint density at radius 3 is 2.47 bits per heavy atom. The molecular formula is C14H18N2O2S. The summed E-state index contributed by atoms with van der Waals surface area (Å²) in [5, 5.41) is 9.01. The van der Waals surface area contributed by atoms with Crippen LogP contribution in [0.1, 0.15) is 44.6 Å². The summed E-state index contributed by atoms with van der Waals surface area (Å²) in [7, 11) is -3.63. The summed E-state index contributed by atoms with van der Waals surface area (Å²) in [5.74, 6) is 0. The van der Waals surface area contributed by atoms with E-state index in [4.69, 9.17) is 5.26 Å². The van der Waals surface area contributed by atoms with E-state index in [0.717, 1.165) is 32.1 Å². The number of nitrogens with one attached hydrogen (secondary N) is 1. The van der Waals surface area contributed by atoms with Crippen molar-refractivity contribution >= 4 is 10.0 Å². The van der Waals surface area contributed by atoms with Crippen LogP contribution < -0.4 is 4.72 Å². The topological polar surface area (TPSA) is 70.0 Å². The molecule has 1 aliphatic rings. The highest BCUT2D eigenvalue weighted by molar-refractivity contribution is 7.89. The van der Waals surface area contributed by atoms with Gasteiger partial charge in [-0.05, 0) is 31.9 Å². The van der Waals surface area contributed by atoms with Gasteiger partial charge in [-0.3, -0.25) is 0 Å². The van der Waals surface area contributed by atoms with Crippen molar-refractivity contribution in [1.82, 2.24) is 4.72 Å². The number of hydrogen-bond donors (Lipinski definition) is 1. The second-order valence-corrected chi connectivity index (χ2v) is 6.99. The molecule has 0 amide bonds. The lowest BCUT2D eigenvalue weighted by Crippen LogP contribution is -2.47. The van der Waals surface area contributed by atoms with Crippen molar-refractivity contribution in [3.8, 4) is 6.07 Å². The van der Waals surface area contributed by atoms with E-state index in [2.05, 4.69) is 4.72 Å². The summed E-state index contributed by atoms with van der Waals surface area (Å²) in [5.41, 5.74) is -0.200. The molecule has 19 heavy (non-hydrogen) atoms. The third-order valence-corrected chi connectivity index (χ3v) is 5.33. The van der Waals surface area contributed by atoms with Crippen LogP contribution in [-0.4, -0.2) is 14.0 Å². The van der Waals surface area contributed by atoms with E-state index in [9.17, 15) is 8.42 Å². The Kier molecular flexibility index (Phi) is 3.93. The van der Waals surface area contributed by atoms with Gasteiger partial charge in [-0.15, -0.1) is 0 Å². The predicted octanol–water partition coefficient (Wildman–Crippen LogP) is 2.56. The molecule has 102 valence electrons. The van der Waals surface area contributed by atoms with Crippen molar-refractivity contribution in [2.45, 2.75) is 49.5 Å². The summed E-state index contributed by atoms with van der Waals surface area (Å²) in [6.07, 6.45) is 4.94. The Labute approximate surface area is 114 Å². The summed E-state index contributed by atoms with van der Waals surface area (Å²) >= 11 is 0. The van der Waals surface area contributed by atoms with Gasteiger partial charge in [0.15, 0.2) is 0 Å². The van der Waals surface area contributed by atoms with Gasteiger partial charge in [0.25, 0.3) is 0 Å². The van der Waals surface area contributed by atoms with Gasteiger partial charge in [-0.2, -0.15) is 5.26 Å². The van der Waals surface area contributed by atoms with Crippen LogP contribution in [0.5, 0.6) is 0 Å². The van der Waals surface area contributed by atoms with Gasteiger partial charge in [0, 0.05) is 5.54 Å². The summed E-state index contributed by atoms with van der Waals surface area (Å²) in [6.45, 7) is 1.94. The average molecular weight is 278 g/mol. The number of sulfonamides is 1. The van der Waals surface area contributed by atoms with Crippen molar-refractivity contribution in [1.29, 1.82) is 5.26 Å². The van der Waals surface area contributed by atoms with Crippen molar-refractivity contribution in [3.63, 3.8) is 0 Å². The van der Waals surface area contributed by atoms with Crippen molar-refractivity contribution < 1.29 is 8.42 Å². The lowest BCUT2D eigenvalue weighted by Gasteiger charge is -2.34. The Balaban J connectivity index is 2.30. The Bertz CT molecular complexity index is 596. The first-order valence-corrected chi connectivity index (χ1v) is 7.98. The molecule has 0 aromatic heterocycles. The van der Waals surface area contributed by atoms with Crippen LogP contribution in [0.4, 0.5) is 0 Å². The molecule has 0 radical (unpaired) electrons. The second kappa shape index (κ2) is 5.32. The Morgan fingerprint density at radius 1 is 1.21 bits per heavy atom. The molecule has 1 fully saturated rings. The quantitative estimate of drug-likeness (QED) is 0.923. The standard InChI is InChI=1S/C14H18N2O2S/c1-14(9-5-2-6-10-14)16-19(17,18)13-8-4-3-7-12(13)11-15/h3-4,7-8,16H,2,5-6,9-10H2,1H3. The molecule has 0 unspecified atom stereocenters. The molecule has 1 N–H and O–H groups in total. The van der Waals surface area contributed by atoms with Gasteiger partial charge in [0.1, 0.15) is 6.07 Å². The van der Waals surface area contributed by atoms with E-state index in [0.29, 0.717) is 0 Å². The molecule has 2 rings (SSSR count). The molecule has 0 heterocycles. The lowest BCUT2D eigenvalue weighted by molar-refractivity contribution is 0.294. The molecule has 0 spiro atoms. The monoisotopic (exact) mass is 278 g/mol. The molecule has 4 nitrogen and oxygen atoms in total. The van der Waals surface area contributed by atoms with Gasteiger partial charge in [-0.1, -0.05) is 31.4 Å². The van der Waals surface area contributed by atoms with Crippen LogP contribution in [0.3, 0.4) is 0 Å². The van der Waals surface area contributed by atoms with Crippen LogP contribution in [0.15, 0.2) is 29.2 Å². The average Bonchev–Trinajstić information content (AvgIpc) is 2.38. The minimum Gasteiger partial charge on any atom is -0.207 e. The van der Waals surface area contributed by atoms with E-state index in [-0.39, 0.29) is 16.0 Å². The van der Waals surface area contributed by atoms with Crippen molar-refractivity contribution in [2.75, 3.05) is 0 Å². The zero-order valence-electron chi connectivity index (χ0n) is 11.0. The number of rotatable bonds is 3. The number of nitriles is 1. The first-order valence-electron chi connectivity index (χ1n) is 6.50. The highest BCUT2D eigenvalue weighted by Crippen LogP contribution is 2.29. The predicted molar refractivity (Wildman–Crippen MR) is 73.0 cm³/mol. The van der Waals surface area contributed by atoms with Crippen molar-refractivity contribution in [2.24, 2.45) is 0 Å². The van der Waals surface area contributed by atoms with Gasteiger partial charge < -0.3 is 0 Å². The largest absolute Gasteiger partial charge is 0.242 e. The number of nitrogens with zero attached hydrogens (tertiary/aromatic N) is 1. The van der Waals surface area contributed by atoms with E-state index in [1.165, 1.54) is 12.1 Å². The Hall–Kier alpha value is -1.38. The van der Waals surface area contributed by atoms with Crippen LogP contribution >= 0.6 is 0 Å². The molecule has 1 aromatic rings. The van der Waals surface area contributed by atoms with Gasteiger partial charge in [-0.25, -0.2) is 13.1 Å². The number of hydrogen-bond acceptors (Lipinski definition) is 3. The molecule has 0 atom stereocenters. The van der Waals surface area contributed by atoms with Crippen LogP contribution in [0, 0.1) is 11.3 Å². The summed E-state index contributed by atoms with van der Waals surface area (Å²) in [6, 6.07) is 8.24. The van der Waals surface area contributed by atoms with Crippen molar-refractivity contribution in [3.05, 3.63) is 29.8 Å². The van der Waals surface area contributed by atoms with Crippen LogP contribution in [0.2, 0.25) is 0 Å². The zero-order chi connectivity index (χ0) is 13.9. The fourth-order valence-corrected chi connectivity index (χ4v) is 4.23. The minimum absolute atomic E-state index is 0.0734. The summed E-state index contributed by atoms with van der Waals surface area (Å²) < 4.78 is 27.6. The highest BCUT2D eigenvalue weighted by atomic mass is 32.2. The SMILES string of the molecule is CC1(NS(=O)(=O)c2ccccc2C#N)CCCCC1. The molecule has 0 aliphatic heterocycles. The molecule has 0 bridgehead atoms. The molecule has 0 saturated heterocycles. The maximum atomic E-state index is 12.4. The van der Waals surface area contributed by atoms with Gasteiger partial charge in [0.05, 0.1) is 10.5 Å². The fraction of sp³-hybridized carbons (Fsp3) is 0.500. The van der Waals surface area contributed by atoms with Gasteiger partial charge >= 0.3 is 0 Å². The highest BCUT2D eigenvalue weighted by Gasteiger charge is 2.32. The second-order valence-electron chi connectivity index (χ2n) is 5.33. The molecule has 1 aliphatic carbocycles. The van der Waals surface area contributed by atoms with E-state index >= 15 is 0 Å². The zero-order valence-corrected chi connectivity index (χ0v) is 11.8. The maximum Gasteiger partial charge on any atom is 0.242 e. The normalized spacial score (nSPS) is 18.7. The maximum absolute atomic E-state index is 12.4. The Morgan fingerprint density at radius 2 is 1.84 bits per heavy atom. The fourth-order valence-electron chi connectivity index (χ4n) is 2.61. The first-order chi connectivity index (χ1) is 8.97. The molecular weight excluding hydrogens is 260 g/mol. The third-order valence-electron chi connectivity index (χ3n) is 3.63. The van der Waals surface area contributed by atoms with E-state index < -0.39 is 10.0 Å². The van der Waals surface area contributed by atoms with E-state index in [1.807, 2.05) is 13.0 Å². The first kappa shape index (κ1) is 14.0. The molecule has 5 heteroatoms. The van der Waals surface area contributed by atoms with Crippen LogP contribution in [0.25, 0.3) is 0 Å².